The molecule has 0 aromatic heterocycles. The number of methoxy groups -OCH3 is 1. The number of nitrogens with zero attached hydrogens (tertiary/aromatic N) is 2. The number of amides is 2. The molecule has 0 saturated heterocycles. The van der Waals surface area contributed by atoms with Crippen LogP contribution in [0.1, 0.15) is 38.8 Å². The summed E-state index contributed by atoms with van der Waals surface area (Å²) in [5.74, 6) is -0.274. The smallest absolute Gasteiger partial charge is 0.264 e. The van der Waals surface area contributed by atoms with Crippen molar-refractivity contribution < 1.29 is 22.7 Å². The highest BCUT2D eigenvalue weighted by Crippen LogP contribution is 2.27. The van der Waals surface area contributed by atoms with Crippen molar-refractivity contribution in [2.24, 2.45) is 0 Å². The summed E-state index contributed by atoms with van der Waals surface area (Å²) in [5, 5.41) is 2.92. The highest BCUT2D eigenvalue weighted by Gasteiger charge is 2.33. The zero-order valence-electron chi connectivity index (χ0n) is 23.6. The van der Waals surface area contributed by atoms with Crippen molar-refractivity contribution in [3.63, 3.8) is 0 Å². The zero-order valence-corrected chi connectivity index (χ0v) is 26.0. The van der Waals surface area contributed by atoms with Crippen LogP contribution in [-0.2, 0) is 26.2 Å². The van der Waals surface area contributed by atoms with Crippen LogP contribution in [0.5, 0.6) is 5.75 Å². The van der Waals surface area contributed by atoms with Crippen molar-refractivity contribution >= 4 is 43.5 Å². The van der Waals surface area contributed by atoms with E-state index >= 15 is 0 Å². The molecule has 0 saturated carbocycles. The van der Waals surface area contributed by atoms with Gasteiger partial charge in [-0.2, -0.15) is 0 Å². The fraction of sp³-hybridized carbons (Fsp3) is 0.333. The first kappa shape index (κ1) is 31.2. The molecule has 2 amide bonds. The van der Waals surface area contributed by atoms with Gasteiger partial charge in [0.15, 0.2) is 0 Å². The molecule has 8 nitrogen and oxygen atoms in total. The van der Waals surface area contributed by atoms with Crippen molar-refractivity contribution in [1.29, 1.82) is 0 Å². The Morgan fingerprint density at radius 1 is 1.00 bits per heavy atom. The fourth-order valence-electron chi connectivity index (χ4n) is 4.02. The number of hydrogen-bond donors (Lipinski definition) is 1. The van der Waals surface area contributed by atoms with E-state index in [1.807, 2.05) is 33.8 Å². The third-order valence-corrected chi connectivity index (χ3v) is 8.42. The summed E-state index contributed by atoms with van der Waals surface area (Å²) >= 11 is 3.40. The molecular weight excluding hydrogens is 594 g/mol. The monoisotopic (exact) mass is 629 g/mol. The number of carbonyl (C=O) groups excluding carboxylic acids is 2. The van der Waals surface area contributed by atoms with E-state index in [2.05, 4.69) is 21.2 Å². The molecule has 3 aromatic rings. The minimum atomic E-state index is -4.13. The molecule has 10 heteroatoms. The summed E-state index contributed by atoms with van der Waals surface area (Å²) in [6, 6.07) is 19.5. The summed E-state index contributed by atoms with van der Waals surface area (Å²) in [6.45, 7) is 8.64. The summed E-state index contributed by atoms with van der Waals surface area (Å²) in [7, 11) is -2.58. The molecule has 0 spiro atoms. The minimum absolute atomic E-state index is 0.0590. The van der Waals surface area contributed by atoms with E-state index < -0.39 is 34.1 Å². The van der Waals surface area contributed by atoms with Gasteiger partial charge in [-0.05, 0) is 82.6 Å². The first-order valence-electron chi connectivity index (χ1n) is 12.8. The number of ether oxygens (including phenoxy) is 1. The average molecular weight is 631 g/mol. The highest BCUT2D eigenvalue weighted by molar-refractivity contribution is 9.10. The number of carbonyl (C=O) groups is 2. The number of nitrogens with one attached hydrogen (secondary N) is 1. The van der Waals surface area contributed by atoms with Crippen LogP contribution in [0, 0.1) is 6.92 Å². The predicted octanol–water partition coefficient (Wildman–Crippen LogP) is 5.29. The normalized spacial score (nSPS) is 12.4. The van der Waals surface area contributed by atoms with Gasteiger partial charge in [0.2, 0.25) is 11.8 Å². The van der Waals surface area contributed by atoms with Gasteiger partial charge in [-0.15, -0.1) is 0 Å². The Morgan fingerprint density at radius 2 is 1.65 bits per heavy atom. The number of sulfonamides is 1. The van der Waals surface area contributed by atoms with Crippen LogP contribution in [0.25, 0.3) is 0 Å². The molecule has 1 atom stereocenters. The third kappa shape index (κ3) is 8.08. The average Bonchev–Trinajstić information content (AvgIpc) is 2.89. The lowest BCUT2D eigenvalue weighted by atomic mass is 10.1. The predicted molar refractivity (Wildman–Crippen MR) is 161 cm³/mol. The Kier molecular flexibility index (Phi) is 10.0. The highest BCUT2D eigenvalue weighted by atomic mass is 79.9. The van der Waals surface area contributed by atoms with E-state index in [4.69, 9.17) is 4.74 Å². The van der Waals surface area contributed by atoms with Crippen LogP contribution in [-0.4, -0.2) is 50.4 Å². The number of rotatable bonds is 10. The number of aryl methyl sites for hydroxylation is 1. The van der Waals surface area contributed by atoms with Crippen LogP contribution in [0.2, 0.25) is 0 Å². The Hall–Kier alpha value is -3.37. The van der Waals surface area contributed by atoms with Crippen LogP contribution < -0.4 is 14.4 Å². The maximum Gasteiger partial charge on any atom is 0.264 e. The van der Waals surface area contributed by atoms with Crippen LogP contribution in [0.3, 0.4) is 0 Å². The van der Waals surface area contributed by atoms with E-state index in [1.54, 1.807) is 68.6 Å². The number of anilines is 1. The lowest BCUT2D eigenvalue weighted by molar-refractivity contribution is -0.140. The Balaban J connectivity index is 2.05. The van der Waals surface area contributed by atoms with Gasteiger partial charge in [-0.1, -0.05) is 51.8 Å². The molecule has 0 bridgehead atoms. The van der Waals surface area contributed by atoms with E-state index in [1.165, 1.54) is 17.0 Å². The van der Waals surface area contributed by atoms with Gasteiger partial charge in [-0.3, -0.25) is 13.9 Å². The second-order valence-electron chi connectivity index (χ2n) is 10.6. The lowest BCUT2D eigenvalue weighted by Crippen LogP contribution is -2.54. The van der Waals surface area contributed by atoms with Gasteiger partial charge in [0.1, 0.15) is 18.3 Å². The first-order valence-corrected chi connectivity index (χ1v) is 15.0. The number of halogens is 1. The van der Waals surface area contributed by atoms with Crippen LogP contribution in [0.4, 0.5) is 5.69 Å². The van der Waals surface area contributed by atoms with Crippen LogP contribution >= 0.6 is 15.9 Å². The Morgan fingerprint density at radius 3 is 2.25 bits per heavy atom. The molecular formula is C30H36BrN3O5S. The standard InChI is InChI=1S/C30H36BrN3O5S/c1-21-13-15-27(16-14-21)40(37,38)34(25-11-8-10-24(31)18-25)20-28(35)33(22(2)29(36)32-30(3,4)5)19-23-9-7-12-26(17-23)39-6/h7-18,22H,19-20H2,1-6H3,(H,32,36). The van der Waals surface area contributed by atoms with Gasteiger partial charge in [-0.25, -0.2) is 8.42 Å². The minimum Gasteiger partial charge on any atom is -0.497 e. The maximum absolute atomic E-state index is 14.0. The van der Waals surface area contributed by atoms with Crippen molar-refractivity contribution in [1.82, 2.24) is 10.2 Å². The molecule has 1 unspecified atom stereocenters. The topological polar surface area (TPSA) is 96.0 Å². The molecule has 0 radical (unpaired) electrons. The summed E-state index contributed by atoms with van der Waals surface area (Å²) < 4.78 is 34.9. The van der Waals surface area contributed by atoms with E-state index in [0.29, 0.717) is 15.9 Å². The van der Waals surface area contributed by atoms with E-state index in [-0.39, 0.29) is 17.3 Å². The fourth-order valence-corrected chi connectivity index (χ4v) is 5.81. The Bertz CT molecular complexity index is 1450. The molecule has 40 heavy (non-hydrogen) atoms. The molecule has 1 N–H and O–H groups in total. The Labute approximate surface area is 245 Å². The lowest BCUT2D eigenvalue weighted by Gasteiger charge is -2.33. The number of benzene rings is 3. The SMILES string of the molecule is COc1cccc(CN(C(=O)CN(c2cccc(Br)c2)S(=O)(=O)c2ccc(C)cc2)C(C)C(=O)NC(C)(C)C)c1. The van der Waals surface area contributed by atoms with Gasteiger partial charge >= 0.3 is 0 Å². The van der Waals surface area contributed by atoms with E-state index in [9.17, 15) is 18.0 Å². The second kappa shape index (κ2) is 12.9. The van der Waals surface area contributed by atoms with Gasteiger partial charge in [0.25, 0.3) is 10.0 Å². The first-order chi connectivity index (χ1) is 18.7. The van der Waals surface area contributed by atoms with Crippen molar-refractivity contribution in [2.75, 3.05) is 18.0 Å². The zero-order chi connectivity index (χ0) is 29.7. The summed E-state index contributed by atoms with van der Waals surface area (Å²) in [4.78, 5) is 28.7. The molecule has 3 rings (SSSR count). The molecule has 0 aliphatic carbocycles. The molecule has 214 valence electrons. The molecule has 0 heterocycles. The molecule has 0 aliphatic heterocycles. The van der Waals surface area contributed by atoms with Crippen molar-refractivity contribution in [3.05, 3.63) is 88.4 Å². The number of hydrogen-bond acceptors (Lipinski definition) is 5. The van der Waals surface area contributed by atoms with Gasteiger partial charge in [0.05, 0.1) is 17.7 Å². The quantitative estimate of drug-likeness (QED) is 0.329. The molecule has 0 fully saturated rings. The molecule has 0 aliphatic rings. The maximum atomic E-state index is 14.0. The molecule has 3 aromatic carbocycles. The largest absolute Gasteiger partial charge is 0.497 e. The van der Waals surface area contributed by atoms with E-state index in [0.717, 1.165) is 15.4 Å². The van der Waals surface area contributed by atoms with Gasteiger partial charge < -0.3 is 15.0 Å². The van der Waals surface area contributed by atoms with Crippen molar-refractivity contribution in [3.8, 4) is 5.75 Å². The van der Waals surface area contributed by atoms with Gasteiger partial charge in [0, 0.05) is 16.6 Å². The summed E-state index contributed by atoms with van der Waals surface area (Å²) in [6.07, 6.45) is 0. The van der Waals surface area contributed by atoms with Crippen molar-refractivity contribution in [2.45, 2.75) is 57.6 Å². The third-order valence-electron chi connectivity index (χ3n) is 6.14. The summed E-state index contributed by atoms with van der Waals surface area (Å²) in [5.41, 5.74) is 1.44. The second-order valence-corrected chi connectivity index (χ2v) is 13.4. The van der Waals surface area contributed by atoms with Crippen LogP contribution in [0.15, 0.2) is 82.2 Å².